The summed E-state index contributed by atoms with van der Waals surface area (Å²) >= 11 is 0. The minimum absolute atomic E-state index is 0.138. The molecule has 0 fully saturated rings. The van der Waals surface area contributed by atoms with Crippen molar-refractivity contribution >= 4 is 11.9 Å². The molecule has 0 heterocycles. The smallest absolute Gasteiger partial charge is 0.341 e. The molecule has 126 valence electrons. The number of nitrogens with one attached hydrogen (secondary N) is 1. The van der Waals surface area contributed by atoms with Crippen LogP contribution in [0.5, 0.6) is 5.75 Å². The fourth-order valence-corrected chi connectivity index (χ4v) is 2.47. The Balaban J connectivity index is 2.10. The van der Waals surface area contributed by atoms with Crippen LogP contribution in [0.1, 0.15) is 40.0 Å². The first-order valence-corrected chi connectivity index (χ1v) is 7.70. The number of carbonyl (C=O) groups is 2. The first-order valence-electron chi connectivity index (χ1n) is 7.70. The number of aryl methyl sites for hydroxylation is 1. The minimum Gasteiger partial charge on any atom is -0.482 e. The summed E-state index contributed by atoms with van der Waals surface area (Å²) in [6.45, 7) is 5.57. The molecule has 0 aliphatic rings. The molecule has 2 aromatic carbocycles. The number of carboxylic acids is 1. The van der Waals surface area contributed by atoms with Gasteiger partial charge < -0.3 is 15.2 Å². The molecule has 0 saturated carbocycles. The zero-order valence-corrected chi connectivity index (χ0v) is 14.0. The largest absolute Gasteiger partial charge is 0.482 e. The van der Waals surface area contributed by atoms with Gasteiger partial charge in [-0.3, -0.25) is 4.79 Å². The van der Waals surface area contributed by atoms with Gasteiger partial charge >= 0.3 is 5.97 Å². The summed E-state index contributed by atoms with van der Waals surface area (Å²) < 4.78 is 5.10. The molecular weight excluding hydrogens is 306 g/mol. The van der Waals surface area contributed by atoms with Crippen LogP contribution in [0.3, 0.4) is 0 Å². The van der Waals surface area contributed by atoms with Crippen molar-refractivity contribution in [3.05, 3.63) is 64.7 Å². The summed E-state index contributed by atoms with van der Waals surface area (Å²) in [6, 6.07) is 12.4. The highest BCUT2D eigenvalue weighted by Crippen LogP contribution is 2.21. The fourth-order valence-electron chi connectivity index (χ4n) is 2.47. The number of carboxylic acid groups (broad SMARTS) is 1. The van der Waals surface area contributed by atoms with Crippen molar-refractivity contribution in [1.29, 1.82) is 0 Å². The Labute approximate surface area is 141 Å². The van der Waals surface area contributed by atoms with Gasteiger partial charge in [-0.15, -0.1) is 0 Å². The van der Waals surface area contributed by atoms with Gasteiger partial charge in [0.2, 0.25) is 0 Å². The molecule has 0 saturated heterocycles. The number of hydrogen-bond acceptors (Lipinski definition) is 3. The number of hydrogen-bond donors (Lipinski definition) is 2. The lowest BCUT2D eigenvalue weighted by Gasteiger charge is -2.18. The molecule has 0 bridgehead atoms. The Bertz CT molecular complexity index is 755. The van der Waals surface area contributed by atoms with Crippen molar-refractivity contribution in [3.8, 4) is 5.75 Å². The van der Waals surface area contributed by atoms with E-state index in [9.17, 15) is 9.59 Å². The van der Waals surface area contributed by atoms with E-state index in [-0.39, 0.29) is 11.9 Å². The molecule has 0 spiro atoms. The Hall–Kier alpha value is -2.82. The van der Waals surface area contributed by atoms with Crippen molar-refractivity contribution in [1.82, 2.24) is 5.32 Å². The maximum Gasteiger partial charge on any atom is 0.341 e. The third kappa shape index (κ3) is 4.35. The summed E-state index contributed by atoms with van der Waals surface area (Å²) in [4.78, 5) is 23.0. The maximum absolute atomic E-state index is 12.4. The van der Waals surface area contributed by atoms with Crippen LogP contribution >= 0.6 is 0 Å². The highest BCUT2D eigenvalue weighted by atomic mass is 16.5. The number of rotatable bonds is 6. The molecule has 0 aromatic heterocycles. The van der Waals surface area contributed by atoms with E-state index < -0.39 is 12.6 Å². The summed E-state index contributed by atoms with van der Waals surface area (Å²) in [6.07, 6.45) is 0. The second-order valence-corrected chi connectivity index (χ2v) is 5.69. The van der Waals surface area contributed by atoms with Gasteiger partial charge in [0.25, 0.3) is 5.91 Å². The van der Waals surface area contributed by atoms with Gasteiger partial charge in [-0.25, -0.2) is 4.79 Å². The zero-order valence-electron chi connectivity index (χ0n) is 14.0. The van der Waals surface area contributed by atoms with Crippen molar-refractivity contribution in [2.24, 2.45) is 0 Å². The van der Waals surface area contributed by atoms with Gasteiger partial charge in [0.15, 0.2) is 6.61 Å². The maximum atomic E-state index is 12.4. The van der Waals surface area contributed by atoms with Crippen molar-refractivity contribution in [2.75, 3.05) is 6.61 Å². The van der Waals surface area contributed by atoms with Crippen LogP contribution in [0.25, 0.3) is 0 Å². The molecule has 0 aliphatic heterocycles. The Kier molecular flexibility index (Phi) is 5.58. The molecule has 1 unspecified atom stereocenters. The van der Waals surface area contributed by atoms with Crippen LogP contribution in [0.2, 0.25) is 0 Å². The molecule has 1 amide bonds. The van der Waals surface area contributed by atoms with Gasteiger partial charge in [0.1, 0.15) is 5.75 Å². The molecular formula is C19H21NO4. The number of aliphatic carboxylic acids is 1. The fraction of sp³-hybridized carbons (Fsp3) is 0.263. The first-order chi connectivity index (χ1) is 11.4. The molecule has 0 aliphatic carbocycles. The molecule has 24 heavy (non-hydrogen) atoms. The summed E-state index contributed by atoms with van der Waals surface area (Å²) in [5, 5.41) is 11.6. The molecule has 2 N–H and O–H groups in total. The van der Waals surface area contributed by atoms with Gasteiger partial charge in [-0.1, -0.05) is 24.3 Å². The Morgan fingerprint density at radius 3 is 2.58 bits per heavy atom. The average molecular weight is 327 g/mol. The standard InChI is InChI=1S/C19H21NO4/c1-12-6-4-9-17(13(12)2)14(3)20-19(23)15-7-5-8-16(10-15)24-11-18(21)22/h4-10,14H,11H2,1-3H3,(H,20,23)(H,21,22). The lowest BCUT2D eigenvalue weighted by Crippen LogP contribution is -2.27. The summed E-state index contributed by atoms with van der Waals surface area (Å²) in [5.41, 5.74) is 3.83. The van der Waals surface area contributed by atoms with Crippen LogP contribution in [-0.4, -0.2) is 23.6 Å². The summed E-state index contributed by atoms with van der Waals surface area (Å²) in [5.74, 6) is -0.943. The lowest BCUT2D eigenvalue weighted by molar-refractivity contribution is -0.139. The zero-order chi connectivity index (χ0) is 17.7. The predicted molar refractivity (Wildman–Crippen MR) is 91.4 cm³/mol. The first kappa shape index (κ1) is 17.5. The van der Waals surface area contributed by atoms with Crippen LogP contribution in [0.15, 0.2) is 42.5 Å². The van der Waals surface area contributed by atoms with Gasteiger partial charge in [0, 0.05) is 5.56 Å². The normalized spacial score (nSPS) is 11.6. The Morgan fingerprint density at radius 1 is 1.17 bits per heavy atom. The quantitative estimate of drug-likeness (QED) is 0.854. The molecule has 1 atom stereocenters. The van der Waals surface area contributed by atoms with E-state index in [1.165, 1.54) is 11.6 Å². The third-order valence-electron chi connectivity index (χ3n) is 3.92. The average Bonchev–Trinajstić information content (AvgIpc) is 2.55. The van der Waals surface area contributed by atoms with E-state index in [2.05, 4.69) is 5.32 Å². The number of carbonyl (C=O) groups excluding carboxylic acids is 1. The number of amides is 1. The second kappa shape index (κ2) is 7.64. The molecule has 5 heteroatoms. The van der Waals surface area contributed by atoms with E-state index in [1.54, 1.807) is 18.2 Å². The van der Waals surface area contributed by atoms with Crippen LogP contribution in [0.4, 0.5) is 0 Å². The SMILES string of the molecule is Cc1cccc(C(C)NC(=O)c2cccc(OCC(=O)O)c2)c1C. The van der Waals surface area contributed by atoms with E-state index in [1.807, 2.05) is 39.0 Å². The predicted octanol–water partition coefficient (Wildman–Crippen LogP) is 3.26. The van der Waals surface area contributed by atoms with Crippen LogP contribution < -0.4 is 10.1 Å². The third-order valence-corrected chi connectivity index (χ3v) is 3.92. The van der Waals surface area contributed by atoms with Crippen molar-refractivity contribution in [2.45, 2.75) is 26.8 Å². The van der Waals surface area contributed by atoms with Gasteiger partial charge in [-0.05, 0) is 55.7 Å². The van der Waals surface area contributed by atoms with E-state index in [0.29, 0.717) is 11.3 Å². The van der Waals surface area contributed by atoms with Crippen LogP contribution in [-0.2, 0) is 4.79 Å². The number of ether oxygens (including phenoxy) is 1. The second-order valence-electron chi connectivity index (χ2n) is 5.69. The minimum atomic E-state index is -1.06. The molecule has 2 rings (SSSR count). The monoisotopic (exact) mass is 327 g/mol. The highest BCUT2D eigenvalue weighted by molar-refractivity contribution is 5.94. The highest BCUT2D eigenvalue weighted by Gasteiger charge is 2.14. The van der Waals surface area contributed by atoms with Crippen molar-refractivity contribution < 1.29 is 19.4 Å². The van der Waals surface area contributed by atoms with E-state index in [4.69, 9.17) is 9.84 Å². The lowest BCUT2D eigenvalue weighted by atomic mass is 9.98. The topological polar surface area (TPSA) is 75.6 Å². The van der Waals surface area contributed by atoms with Crippen LogP contribution in [0, 0.1) is 13.8 Å². The molecule has 5 nitrogen and oxygen atoms in total. The van der Waals surface area contributed by atoms with E-state index >= 15 is 0 Å². The van der Waals surface area contributed by atoms with Gasteiger partial charge in [-0.2, -0.15) is 0 Å². The Morgan fingerprint density at radius 2 is 1.88 bits per heavy atom. The number of benzene rings is 2. The van der Waals surface area contributed by atoms with Gasteiger partial charge in [0.05, 0.1) is 6.04 Å². The molecule has 0 radical (unpaired) electrons. The van der Waals surface area contributed by atoms with E-state index in [0.717, 1.165) is 11.1 Å². The summed E-state index contributed by atoms with van der Waals surface area (Å²) in [7, 11) is 0. The molecule has 2 aromatic rings. The van der Waals surface area contributed by atoms with Crippen molar-refractivity contribution in [3.63, 3.8) is 0 Å².